The second-order valence-corrected chi connectivity index (χ2v) is 5.25. The first kappa shape index (κ1) is 12.2. The van der Waals surface area contributed by atoms with Gasteiger partial charge in [0.1, 0.15) is 0 Å². The molecule has 0 aromatic heterocycles. The summed E-state index contributed by atoms with van der Waals surface area (Å²) < 4.78 is 0. The average Bonchev–Trinajstić information content (AvgIpc) is 2.37. The Kier molecular flexibility index (Phi) is 3.22. The molecule has 1 saturated carbocycles. The molecule has 0 aliphatic heterocycles. The Morgan fingerprint density at radius 2 is 1.89 bits per heavy atom. The van der Waals surface area contributed by atoms with Crippen molar-refractivity contribution < 1.29 is 9.90 Å². The van der Waals surface area contributed by atoms with Crippen LogP contribution in [0.1, 0.15) is 18.4 Å². The average molecular weight is 255 g/mol. The molecule has 2 aromatic rings. The van der Waals surface area contributed by atoms with Crippen LogP contribution in [0.2, 0.25) is 0 Å². The maximum absolute atomic E-state index is 11.9. The molecule has 0 unspecified atom stereocenters. The molecule has 1 aliphatic carbocycles. The van der Waals surface area contributed by atoms with Crippen LogP contribution in [0.15, 0.2) is 42.5 Å². The lowest BCUT2D eigenvalue weighted by molar-refractivity contribution is -0.122. The van der Waals surface area contributed by atoms with Crippen molar-refractivity contribution in [2.75, 3.05) is 0 Å². The molecule has 3 nitrogen and oxygen atoms in total. The van der Waals surface area contributed by atoms with Crippen molar-refractivity contribution in [2.45, 2.75) is 31.4 Å². The number of benzene rings is 2. The molecule has 98 valence electrons. The molecule has 0 saturated heterocycles. The van der Waals surface area contributed by atoms with Crippen LogP contribution in [0.5, 0.6) is 0 Å². The van der Waals surface area contributed by atoms with Crippen LogP contribution in [0.3, 0.4) is 0 Å². The summed E-state index contributed by atoms with van der Waals surface area (Å²) in [6, 6.07) is 14.4. The number of amides is 1. The number of hydrogen-bond acceptors (Lipinski definition) is 2. The first-order valence-corrected chi connectivity index (χ1v) is 6.66. The maximum Gasteiger partial charge on any atom is 0.224 e. The highest BCUT2D eigenvalue weighted by Crippen LogP contribution is 2.20. The van der Waals surface area contributed by atoms with Gasteiger partial charge in [-0.15, -0.1) is 0 Å². The van der Waals surface area contributed by atoms with Crippen LogP contribution in [0, 0.1) is 0 Å². The summed E-state index contributed by atoms with van der Waals surface area (Å²) in [6.07, 6.45) is 1.54. The standard InChI is InChI=1S/C16H17NO2/c18-15-9-14(10-15)17-16(19)8-11-5-6-12-3-1-2-4-13(12)7-11/h1-7,14-15,18H,8-10H2,(H,17,19). The molecule has 3 heteroatoms. The summed E-state index contributed by atoms with van der Waals surface area (Å²) in [4.78, 5) is 11.9. The lowest BCUT2D eigenvalue weighted by Gasteiger charge is -2.31. The molecule has 0 radical (unpaired) electrons. The third kappa shape index (κ3) is 2.76. The Morgan fingerprint density at radius 1 is 1.16 bits per heavy atom. The van der Waals surface area contributed by atoms with E-state index in [9.17, 15) is 9.90 Å². The number of nitrogens with one attached hydrogen (secondary N) is 1. The molecular formula is C16H17NO2. The summed E-state index contributed by atoms with van der Waals surface area (Å²) in [5, 5.41) is 14.5. The van der Waals surface area contributed by atoms with Crippen molar-refractivity contribution >= 4 is 16.7 Å². The number of carbonyl (C=O) groups excluding carboxylic acids is 1. The first-order valence-electron chi connectivity index (χ1n) is 6.66. The normalized spacial score (nSPS) is 21.9. The van der Waals surface area contributed by atoms with E-state index in [2.05, 4.69) is 23.5 Å². The van der Waals surface area contributed by atoms with E-state index in [4.69, 9.17) is 0 Å². The molecule has 0 heterocycles. The van der Waals surface area contributed by atoms with E-state index in [-0.39, 0.29) is 18.1 Å². The number of aliphatic hydroxyl groups is 1. The zero-order valence-corrected chi connectivity index (χ0v) is 10.7. The van der Waals surface area contributed by atoms with Crippen molar-refractivity contribution in [3.63, 3.8) is 0 Å². The zero-order valence-electron chi connectivity index (χ0n) is 10.7. The molecule has 0 atom stereocenters. The number of fused-ring (bicyclic) bond motifs is 1. The van der Waals surface area contributed by atoms with Gasteiger partial charge >= 0.3 is 0 Å². The third-order valence-electron chi connectivity index (χ3n) is 3.66. The minimum absolute atomic E-state index is 0.0344. The van der Waals surface area contributed by atoms with E-state index in [1.54, 1.807) is 0 Å². The minimum Gasteiger partial charge on any atom is -0.393 e. The van der Waals surface area contributed by atoms with E-state index < -0.39 is 0 Å². The molecule has 0 spiro atoms. The number of carbonyl (C=O) groups is 1. The van der Waals surface area contributed by atoms with E-state index >= 15 is 0 Å². The lowest BCUT2D eigenvalue weighted by atomic mass is 9.89. The van der Waals surface area contributed by atoms with Gasteiger partial charge in [0.15, 0.2) is 0 Å². The van der Waals surface area contributed by atoms with Crippen LogP contribution in [0.4, 0.5) is 0 Å². The smallest absolute Gasteiger partial charge is 0.224 e. The van der Waals surface area contributed by atoms with Gasteiger partial charge < -0.3 is 10.4 Å². The molecular weight excluding hydrogens is 238 g/mol. The molecule has 1 fully saturated rings. The highest BCUT2D eigenvalue weighted by Gasteiger charge is 2.28. The Hall–Kier alpha value is -1.87. The van der Waals surface area contributed by atoms with E-state index in [1.807, 2.05) is 24.3 Å². The summed E-state index contributed by atoms with van der Waals surface area (Å²) in [5.74, 6) is 0.0344. The number of rotatable bonds is 3. The van der Waals surface area contributed by atoms with Gasteiger partial charge in [0.05, 0.1) is 12.5 Å². The van der Waals surface area contributed by atoms with Gasteiger partial charge in [0.25, 0.3) is 0 Å². The van der Waals surface area contributed by atoms with Gasteiger partial charge in [-0.05, 0) is 29.2 Å². The predicted octanol–water partition coefficient (Wildman–Crippen LogP) is 2.02. The summed E-state index contributed by atoms with van der Waals surface area (Å²) in [6.45, 7) is 0. The van der Waals surface area contributed by atoms with Crippen molar-refractivity contribution in [2.24, 2.45) is 0 Å². The first-order chi connectivity index (χ1) is 9.20. The van der Waals surface area contributed by atoms with E-state index in [0.717, 1.165) is 10.9 Å². The molecule has 1 aliphatic rings. The highest BCUT2D eigenvalue weighted by molar-refractivity contribution is 5.85. The molecule has 2 aromatic carbocycles. The highest BCUT2D eigenvalue weighted by atomic mass is 16.3. The maximum atomic E-state index is 11.9. The third-order valence-corrected chi connectivity index (χ3v) is 3.66. The number of aliphatic hydroxyl groups excluding tert-OH is 1. The lowest BCUT2D eigenvalue weighted by Crippen LogP contribution is -2.47. The summed E-state index contributed by atoms with van der Waals surface area (Å²) >= 11 is 0. The Balaban J connectivity index is 1.65. The Bertz CT molecular complexity index is 602. The molecule has 1 amide bonds. The van der Waals surface area contributed by atoms with Crippen molar-refractivity contribution in [1.29, 1.82) is 0 Å². The molecule has 3 rings (SSSR count). The van der Waals surface area contributed by atoms with Crippen LogP contribution in [0.25, 0.3) is 10.8 Å². The fourth-order valence-electron chi connectivity index (χ4n) is 2.52. The van der Waals surface area contributed by atoms with Crippen LogP contribution in [-0.2, 0) is 11.2 Å². The van der Waals surface area contributed by atoms with Gasteiger partial charge in [-0.2, -0.15) is 0 Å². The SMILES string of the molecule is O=C(Cc1ccc2ccccc2c1)NC1CC(O)C1. The van der Waals surface area contributed by atoms with Gasteiger partial charge in [0, 0.05) is 6.04 Å². The van der Waals surface area contributed by atoms with E-state index in [1.165, 1.54) is 5.39 Å². The molecule has 19 heavy (non-hydrogen) atoms. The minimum atomic E-state index is -0.231. The Labute approximate surface area is 112 Å². The quantitative estimate of drug-likeness (QED) is 0.881. The van der Waals surface area contributed by atoms with Crippen LogP contribution < -0.4 is 5.32 Å². The fourth-order valence-corrected chi connectivity index (χ4v) is 2.52. The van der Waals surface area contributed by atoms with Crippen LogP contribution in [-0.4, -0.2) is 23.2 Å². The Morgan fingerprint density at radius 3 is 2.63 bits per heavy atom. The second-order valence-electron chi connectivity index (χ2n) is 5.25. The molecule has 2 N–H and O–H groups in total. The topological polar surface area (TPSA) is 49.3 Å². The van der Waals surface area contributed by atoms with Crippen LogP contribution >= 0.6 is 0 Å². The van der Waals surface area contributed by atoms with Crippen molar-refractivity contribution in [3.8, 4) is 0 Å². The monoisotopic (exact) mass is 255 g/mol. The molecule has 0 bridgehead atoms. The van der Waals surface area contributed by atoms with E-state index in [0.29, 0.717) is 19.3 Å². The fraction of sp³-hybridized carbons (Fsp3) is 0.312. The van der Waals surface area contributed by atoms with Gasteiger partial charge in [0.2, 0.25) is 5.91 Å². The van der Waals surface area contributed by atoms with Crippen molar-refractivity contribution in [1.82, 2.24) is 5.32 Å². The summed E-state index contributed by atoms with van der Waals surface area (Å²) in [7, 11) is 0. The van der Waals surface area contributed by atoms with Gasteiger partial charge in [-0.3, -0.25) is 4.79 Å². The summed E-state index contributed by atoms with van der Waals surface area (Å²) in [5.41, 5.74) is 1.02. The second kappa shape index (κ2) is 5.02. The van der Waals surface area contributed by atoms with Gasteiger partial charge in [-0.25, -0.2) is 0 Å². The van der Waals surface area contributed by atoms with Gasteiger partial charge in [-0.1, -0.05) is 42.5 Å². The van der Waals surface area contributed by atoms with Crippen molar-refractivity contribution in [3.05, 3.63) is 48.0 Å². The zero-order chi connectivity index (χ0) is 13.2. The predicted molar refractivity (Wildman–Crippen MR) is 74.8 cm³/mol. The largest absolute Gasteiger partial charge is 0.393 e. The number of hydrogen-bond donors (Lipinski definition) is 2.